The average molecular weight is 433 g/mol. The van der Waals surface area contributed by atoms with Crippen molar-refractivity contribution < 1.29 is 13.9 Å². The van der Waals surface area contributed by atoms with Crippen LogP contribution in [0.15, 0.2) is 30.6 Å². The van der Waals surface area contributed by atoms with Crippen LogP contribution in [0.1, 0.15) is 37.1 Å². The number of hydrogen-bond donors (Lipinski definition) is 0. The van der Waals surface area contributed by atoms with Crippen molar-refractivity contribution in [2.45, 2.75) is 50.5 Å². The molecule has 2 fully saturated rings. The highest BCUT2D eigenvalue weighted by molar-refractivity contribution is 6.30. The van der Waals surface area contributed by atoms with Crippen LogP contribution in [0.5, 0.6) is 0 Å². The highest BCUT2D eigenvalue weighted by Crippen LogP contribution is 2.40. The van der Waals surface area contributed by atoms with Gasteiger partial charge in [0.1, 0.15) is 17.2 Å². The number of amides is 1. The second-order valence-electron chi connectivity index (χ2n) is 8.56. The van der Waals surface area contributed by atoms with Crippen LogP contribution in [0, 0.1) is 5.82 Å². The van der Waals surface area contributed by atoms with Gasteiger partial charge < -0.3 is 14.2 Å². The van der Waals surface area contributed by atoms with Gasteiger partial charge in [0.05, 0.1) is 11.6 Å². The number of fused-ring (bicyclic) bond motifs is 2. The molecule has 0 bridgehead atoms. The van der Waals surface area contributed by atoms with E-state index in [2.05, 4.69) is 14.5 Å². The van der Waals surface area contributed by atoms with Crippen molar-refractivity contribution in [2.75, 3.05) is 26.2 Å². The molecule has 1 amide bonds. The van der Waals surface area contributed by atoms with Crippen LogP contribution in [-0.4, -0.2) is 57.5 Å². The molecule has 1 aromatic heterocycles. The van der Waals surface area contributed by atoms with Gasteiger partial charge in [-0.25, -0.2) is 9.37 Å². The number of hydrogen-bond acceptors (Lipinski definition) is 4. The van der Waals surface area contributed by atoms with Gasteiger partial charge in [0, 0.05) is 45.1 Å². The van der Waals surface area contributed by atoms with E-state index in [0.717, 1.165) is 63.3 Å². The molecule has 2 saturated heterocycles. The maximum absolute atomic E-state index is 13.8. The number of carbonyl (C=O) groups excluding carboxylic acids is 1. The Kier molecular flexibility index (Phi) is 5.29. The van der Waals surface area contributed by atoms with Crippen LogP contribution in [-0.2, 0) is 28.2 Å². The van der Waals surface area contributed by atoms with Gasteiger partial charge >= 0.3 is 0 Å². The van der Waals surface area contributed by atoms with E-state index in [1.54, 1.807) is 12.3 Å². The summed E-state index contributed by atoms with van der Waals surface area (Å²) in [4.78, 5) is 21.8. The fraction of sp³-hybridized carbons (Fsp3) is 0.545. The number of ether oxygens (including phenoxy) is 1. The first-order valence-corrected chi connectivity index (χ1v) is 11.1. The zero-order chi connectivity index (χ0) is 20.7. The van der Waals surface area contributed by atoms with Crippen molar-refractivity contribution in [3.05, 3.63) is 52.8 Å². The zero-order valence-corrected chi connectivity index (χ0v) is 17.7. The first-order chi connectivity index (χ1) is 14.5. The molecular weight excluding hydrogens is 407 g/mol. The lowest BCUT2D eigenvalue weighted by molar-refractivity contribution is -0.180. The molecule has 5 rings (SSSR count). The maximum Gasteiger partial charge on any atom is 0.253 e. The van der Waals surface area contributed by atoms with Crippen LogP contribution in [0.25, 0.3) is 0 Å². The molecule has 30 heavy (non-hydrogen) atoms. The van der Waals surface area contributed by atoms with Crippen molar-refractivity contribution in [1.82, 2.24) is 19.4 Å². The van der Waals surface area contributed by atoms with Crippen LogP contribution in [0.2, 0.25) is 5.02 Å². The first-order valence-electron chi connectivity index (χ1n) is 10.7. The Bertz CT molecular complexity index is 935. The molecule has 6 nitrogen and oxygen atoms in total. The predicted octanol–water partition coefficient (Wildman–Crippen LogP) is 3.19. The molecule has 0 radical (unpaired) electrons. The third-order valence-corrected chi connectivity index (χ3v) is 6.91. The summed E-state index contributed by atoms with van der Waals surface area (Å²) >= 11 is 5.80. The summed E-state index contributed by atoms with van der Waals surface area (Å²) < 4.78 is 22.4. The number of halogens is 2. The number of carbonyl (C=O) groups is 1. The van der Waals surface area contributed by atoms with Gasteiger partial charge in [-0.3, -0.25) is 9.69 Å². The van der Waals surface area contributed by atoms with Gasteiger partial charge in [0.15, 0.2) is 6.10 Å². The number of imidazole rings is 1. The number of nitrogens with zero attached hydrogens (tertiary/aromatic N) is 4. The number of rotatable bonds is 3. The van der Waals surface area contributed by atoms with Crippen molar-refractivity contribution in [3.8, 4) is 0 Å². The maximum atomic E-state index is 13.8. The lowest BCUT2D eigenvalue weighted by atomic mass is 9.88. The zero-order valence-electron chi connectivity index (χ0n) is 16.9. The Morgan fingerprint density at radius 3 is 2.73 bits per heavy atom. The van der Waals surface area contributed by atoms with Crippen molar-refractivity contribution in [2.24, 2.45) is 0 Å². The van der Waals surface area contributed by atoms with E-state index >= 15 is 0 Å². The number of benzene rings is 1. The van der Waals surface area contributed by atoms with Gasteiger partial charge in [0.25, 0.3) is 5.91 Å². The third kappa shape index (κ3) is 3.63. The molecule has 4 heterocycles. The Hall–Kier alpha value is -1.96. The van der Waals surface area contributed by atoms with E-state index in [4.69, 9.17) is 16.3 Å². The topological polar surface area (TPSA) is 50.6 Å². The lowest BCUT2D eigenvalue weighted by Gasteiger charge is -2.46. The Balaban J connectivity index is 1.30. The summed E-state index contributed by atoms with van der Waals surface area (Å²) in [5.74, 6) is 0.638. The van der Waals surface area contributed by atoms with Gasteiger partial charge in [0.2, 0.25) is 0 Å². The molecule has 0 saturated carbocycles. The minimum Gasteiger partial charge on any atom is -0.352 e. The van der Waals surface area contributed by atoms with Crippen LogP contribution in [0.3, 0.4) is 0 Å². The summed E-state index contributed by atoms with van der Waals surface area (Å²) in [5.41, 5.74) is 0.366. The smallest absolute Gasteiger partial charge is 0.253 e. The predicted molar refractivity (Wildman–Crippen MR) is 111 cm³/mol. The molecule has 2 aromatic rings. The molecule has 0 aliphatic carbocycles. The molecule has 3 aliphatic heterocycles. The van der Waals surface area contributed by atoms with Crippen LogP contribution >= 0.6 is 11.6 Å². The van der Waals surface area contributed by atoms with E-state index < -0.39 is 11.7 Å². The molecule has 3 aliphatic rings. The first kappa shape index (κ1) is 20.0. The van der Waals surface area contributed by atoms with E-state index in [-0.39, 0.29) is 16.7 Å². The van der Waals surface area contributed by atoms with Crippen molar-refractivity contribution >= 4 is 17.5 Å². The minimum absolute atomic E-state index is 0.102. The molecule has 0 N–H and O–H groups in total. The fourth-order valence-electron chi connectivity index (χ4n) is 4.98. The number of aromatic nitrogens is 2. The summed E-state index contributed by atoms with van der Waals surface area (Å²) in [7, 11) is 0. The Morgan fingerprint density at radius 1 is 1.23 bits per heavy atom. The molecule has 1 aromatic carbocycles. The molecule has 8 heteroatoms. The minimum atomic E-state index is -0.538. The monoisotopic (exact) mass is 432 g/mol. The molecule has 1 spiro atoms. The van der Waals surface area contributed by atoms with Crippen molar-refractivity contribution in [1.29, 1.82) is 0 Å². The normalized spacial score (nSPS) is 23.7. The lowest BCUT2D eigenvalue weighted by Crippen LogP contribution is -2.54. The fourth-order valence-corrected chi connectivity index (χ4v) is 5.09. The van der Waals surface area contributed by atoms with Crippen LogP contribution < -0.4 is 0 Å². The van der Waals surface area contributed by atoms with Gasteiger partial charge in [-0.15, -0.1) is 0 Å². The SMILES string of the molecule is O=C([C@@H]1Cn2ccnc2C2(CCN(Cc3ccc(Cl)c(F)c3)CC2)O1)N1CCCC1. The average Bonchev–Trinajstić information content (AvgIpc) is 3.44. The molecule has 1 atom stereocenters. The van der Waals surface area contributed by atoms with Gasteiger partial charge in [-0.1, -0.05) is 17.7 Å². The van der Waals surface area contributed by atoms with E-state index in [9.17, 15) is 9.18 Å². The van der Waals surface area contributed by atoms with Gasteiger partial charge in [-0.05, 0) is 43.4 Å². The van der Waals surface area contributed by atoms with Gasteiger partial charge in [-0.2, -0.15) is 0 Å². The number of likely N-dealkylation sites (tertiary alicyclic amines) is 2. The Labute approximate surface area is 180 Å². The van der Waals surface area contributed by atoms with E-state index in [0.29, 0.717) is 13.1 Å². The van der Waals surface area contributed by atoms with Crippen LogP contribution in [0.4, 0.5) is 4.39 Å². The number of piperidine rings is 1. The second-order valence-corrected chi connectivity index (χ2v) is 8.97. The summed E-state index contributed by atoms with van der Waals surface area (Å²) in [6.45, 7) is 4.43. The highest BCUT2D eigenvalue weighted by Gasteiger charge is 2.47. The van der Waals surface area contributed by atoms with Crippen molar-refractivity contribution in [3.63, 3.8) is 0 Å². The third-order valence-electron chi connectivity index (χ3n) is 6.60. The quantitative estimate of drug-likeness (QED) is 0.747. The molecule has 0 unspecified atom stereocenters. The standard InChI is InChI=1S/C22H26ClFN4O2/c23-17-4-3-16(13-18(17)24)14-26-10-5-22(6-11-26)21-25-7-12-28(21)15-19(30-22)20(29)27-8-1-2-9-27/h3-4,7,12-13,19H,1-2,5-6,8-11,14-15H2/t19-/m0/s1. The second kappa shape index (κ2) is 7.94. The summed E-state index contributed by atoms with van der Waals surface area (Å²) in [6.07, 6.45) is 6.94. The van der Waals surface area contributed by atoms with E-state index in [1.807, 2.05) is 17.2 Å². The molecular formula is C22H26ClFN4O2. The summed E-state index contributed by atoms with van der Waals surface area (Å²) in [6, 6.07) is 4.97. The largest absolute Gasteiger partial charge is 0.352 e. The van der Waals surface area contributed by atoms with E-state index in [1.165, 1.54) is 6.07 Å². The Morgan fingerprint density at radius 2 is 2.00 bits per heavy atom. The molecule has 160 valence electrons. The highest BCUT2D eigenvalue weighted by atomic mass is 35.5. The summed E-state index contributed by atoms with van der Waals surface area (Å²) in [5, 5.41) is 0.146.